The largest absolute Gasteiger partial charge is 0.410 e. The van der Waals surface area contributed by atoms with Gasteiger partial charge in [-0.3, -0.25) is 4.79 Å². The number of rotatable bonds is 5. The number of carbonyl (C=O) groups excluding carboxylic acids is 1. The molecule has 1 aromatic carbocycles. The minimum atomic E-state index is -0.259. The lowest BCUT2D eigenvalue weighted by Gasteiger charge is -2.37. The predicted molar refractivity (Wildman–Crippen MR) is 108 cm³/mol. The number of benzene rings is 1. The van der Waals surface area contributed by atoms with Gasteiger partial charge in [0.05, 0.1) is 10.1 Å². The van der Waals surface area contributed by atoms with E-state index in [2.05, 4.69) is 27.2 Å². The lowest BCUT2D eigenvalue weighted by atomic mass is 10.2. The molecule has 1 aliphatic rings. The Morgan fingerprint density at radius 3 is 2.59 bits per heavy atom. The van der Waals surface area contributed by atoms with Crippen molar-refractivity contribution >= 4 is 34.7 Å². The van der Waals surface area contributed by atoms with Crippen LogP contribution in [0, 0.1) is 0 Å². The first-order chi connectivity index (χ1) is 13.2. The van der Waals surface area contributed by atoms with Gasteiger partial charge < -0.3 is 14.2 Å². The minimum Gasteiger partial charge on any atom is -0.410 e. The minimum absolute atomic E-state index is 0.114. The zero-order valence-corrected chi connectivity index (χ0v) is 16.6. The molecular formula is C19H20N4O2S2. The van der Waals surface area contributed by atoms with E-state index in [-0.39, 0.29) is 11.2 Å². The molecule has 1 atom stereocenters. The number of hydrogen-bond acceptors (Lipinski definition) is 7. The fraction of sp³-hybridized carbons (Fsp3) is 0.316. The van der Waals surface area contributed by atoms with Crippen LogP contribution in [0.25, 0.3) is 10.8 Å². The molecule has 0 aliphatic carbocycles. The predicted octanol–water partition coefficient (Wildman–Crippen LogP) is 3.63. The van der Waals surface area contributed by atoms with Gasteiger partial charge in [0.25, 0.3) is 11.1 Å². The van der Waals surface area contributed by atoms with Gasteiger partial charge in [0, 0.05) is 31.9 Å². The molecule has 1 fully saturated rings. The third-order valence-electron chi connectivity index (χ3n) is 4.48. The summed E-state index contributed by atoms with van der Waals surface area (Å²) in [6.07, 6.45) is 0. The first-order valence-electron chi connectivity index (χ1n) is 8.83. The van der Waals surface area contributed by atoms with Crippen molar-refractivity contribution < 1.29 is 9.21 Å². The second kappa shape index (κ2) is 8.14. The van der Waals surface area contributed by atoms with Crippen LogP contribution in [-0.2, 0) is 4.79 Å². The van der Waals surface area contributed by atoms with Crippen molar-refractivity contribution in [2.45, 2.75) is 17.4 Å². The van der Waals surface area contributed by atoms with Gasteiger partial charge in [0.1, 0.15) is 0 Å². The zero-order chi connectivity index (χ0) is 18.6. The van der Waals surface area contributed by atoms with Crippen molar-refractivity contribution in [2.24, 2.45) is 0 Å². The number of thiophene rings is 1. The van der Waals surface area contributed by atoms with Crippen molar-refractivity contribution in [3.05, 3.63) is 47.8 Å². The van der Waals surface area contributed by atoms with Crippen LogP contribution in [0.4, 0.5) is 5.69 Å². The average Bonchev–Trinajstić information content (AvgIpc) is 3.40. The molecule has 3 heterocycles. The molecule has 0 bridgehead atoms. The molecule has 6 nitrogen and oxygen atoms in total. The van der Waals surface area contributed by atoms with Gasteiger partial charge >= 0.3 is 0 Å². The highest BCUT2D eigenvalue weighted by Gasteiger charge is 2.27. The number of amides is 1. The van der Waals surface area contributed by atoms with Crippen LogP contribution >= 0.6 is 23.1 Å². The standard InChI is InChI=1S/C19H20N4O2S2/c1-14(27-19-21-20-17(25-19)16-8-5-13-26-16)18(24)23-11-9-22(10-12-23)15-6-3-2-4-7-15/h2-8,13-14H,9-12H2,1H3/t14-/m1/s1. The fourth-order valence-electron chi connectivity index (χ4n) is 3.04. The highest BCUT2D eigenvalue weighted by molar-refractivity contribution is 8.00. The normalized spacial score (nSPS) is 15.7. The third-order valence-corrected chi connectivity index (χ3v) is 6.26. The van der Waals surface area contributed by atoms with Crippen LogP contribution < -0.4 is 4.90 Å². The summed E-state index contributed by atoms with van der Waals surface area (Å²) in [5.74, 6) is 0.618. The summed E-state index contributed by atoms with van der Waals surface area (Å²) in [5, 5.41) is 10.3. The maximum absolute atomic E-state index is 12.8. The molecular weight excluding hydrogens is 380 g/mol. The molecule has 27 heavy (non-hydrogen) atoms. The van der Waals surface area contributed by atoms with Crippen molar-refractivity contribution in [1.82, 2.24) is 15.1 Å². The summed E-state index contributed by atoms with van der Waals surface area (Å²) in [7, 11) is 0. The molecule has 0 saturated carbocycles. The van der Waals surface area contributed by atoms with E-state index in [1.54, 1.807) is 11.3 Å². The van der Waals surface area contributed by atoms with Gasteiger partial charge in [0.15, 0.2) is 0 Å². The van der Waals surface area contributed by atoms with E-state index in [1.807, 2.05) is 47.5 Å². The van der Waals surface area contributed by atoms with Crippen LogP contribution in [-0.4, -0.2) is 52.4 Å². The van der Waals surface area contributed by atoms with Gasteiger partial charge in [-0.15, -0.1) is 21.5 Å². The SMILES string of the molecule is C[C@@H](Sc1nnc(-c2cccs2)o1)C(=O)N1CCN(c2ccccc2)CC1. The molecule has 1 amide bonds. The Morgan fingerprint density at radius 2 is 1.89 bits per heavy atom. The number of hydrogen-bond donors (Lipinski definition) is 0. The molecule has 1 aliphatic heterocycles. The summed E-state index contributed by atoms with van der Waals surface area (Å²) < 4.78 is 5.68. The Labute approximate surface area is 166 Å². The Hall–Kier alpha value is -2.32. The zero-order valence-electron chi connectivity index (χ0n) is 14.9. The maximum Gasteiger partial charge on any atom is 0.277 e. The quantitative estimate of drug-likeness (QED) is 0.610. The Bertz CT molecular complexity index is 874. The molecule has 1 saturated heterocycles. The van der Waals surface area contributed by atoms with E-state index in [9.17, 15) is 4.79 Å². The second-order valence-electron chi connectivity index (χ2n) is 6.26. The molecule has 0 radical (unpaired) electrons. The monoisotopic (exact) mass is 400 g/mol. The Morgan fingerprint density at radius 1 is 1.11 bits per heavy atom. The van der Waals surface area contributed by atoms with Crippen LogP contribution in [0.5, 0.6) is 0 Å². The van der Waals surface area contributed by atoms with Crippen molar-refractivity contribution in [3.63, 3.8) is 0 Å². The highest BCUT2D eigenvalue weighted by Crippen LogP contribution is 2.29. The smallest absolute Gasteiger partial charge is 0.277 e. The van der Waals surface area contributed by atoms with Gasteiger partial charge in [-0.05, 0) is 30.5 Å². The summed E-state index contributed by atoms with van der Waals surface area (Å²) in [6.45, 7) is 5.03. The molecule has 8 heteroatoms. The van der Waals surface area contributed by atoms with E-state index in [0.717, 1.165) is 31.1 Å². The lowest BCUT2D eigenvalue weighted by Crippen LogP contribution is -2.50. The Kier molecular flexibility index (Phi) is 5.45. The van der Waals surface area contributed by atoms with E-state index in [0.29, 0.717) is 11.1 Å². The molecule has 3 aromatic rings. The molecule has 2 aromatic heterocycles. The Balaban J connectivity index is 1.32. The van der Waals surface area contributed by atoms with Gasteiger partial charge in [-0.1, -0.05) is 36.0 Å². The molecule has 140 valence electrons. The van der Waals surface area contributed by atoms with Crippen LogP contribution in [0.3, 0.4) is 0 Å². The van der Waals surface area contributed by atoms with Crippen LogP contribution in [0.1, 0.15) is 6.92 Å². The van der Waals surface area contributed by atoms with Crippen LogP contribution in [0.2, 0.25) is 0 Å². The number of thioether (sulfide) groups is 1. The molecule has 0 unspecified atom stereocenters. The summed E-state index contributed by atoms with van der Waals surface area (Å²) in [6, 6.07) is 14.2. The number of piperazine rings is 1. The van der Waals surface area contributed by atoms with Crippen LogP contribution in [0.15, 0.2) is 57.5 Å². The number of carbonyl (C=O) groups is 1. The van der Waals surface area contributed by atoms with Crippen molar-refractivity contribution in [3.8, 4) is 10.8 Å². The second-order valence-corrected chi connectivity index (χ2v) is 8.50. The maximum atomic E-state index is 12.8. The van der Waals surface area contributed by atoms with E-state index in [1.165, 1.54) is 17.4 Å². The van der Waals surface area contributed by atoms with Gasteiger partial charge in [-0.2, -0.15) is 0 Å². The molecule has 4 rings (SSSR count). The first-order valence-corrected chi connectivity index (χ1v) is 10.6. The van der Waals surface area contributed by atoms with Gasteiger partial charge in [0.2, 0.25) is 5.91 Å². The van der Waals surface area contributed by atoms with E-state index >= 15 is 0 Å². The molecule has 0 N–H and O–H groups in total. The fourth-order valence-corrected chi connectivity index (χ4v) is 4.45. The first kappa shape index (κ1) is 18.1. The van der Waals surface area contributed by atoms with E-state index < -0.39 is 0 Å². The highest BCUT2D eigenvalue weighted by atomic mass is 32.2. The van der Waals surface area contributed by atoms with Crippen molar-refractivity contribution in [1.29, 1.82) is 0 Å². The number of nitrogens with zero attached hydrogens (tertiary/aromatic N) is 4. The molecule has 0 spiro atoms. The number of para-hydroxylation sites is 1. The van der Waals surface area contributed by atoms with E-state index in [4.69, 9.17) is 4.42 Å². The van der Waals surface area contributed by atoms with Crippen molar-refractivity contribution in [2.75, 3.05) is 31.1 Å². The number of aromatic nitrogens is 2. The third kappa shape index (κ3) is 4.17. The lowest BCUT2D eigenvalue weighted by molar-refractivity contribution is -0.130. The van der Waals surface area contributed by atoms with Gasteiger partial charge in [-0.25, -0.2) is 0 Å². The topological polar surface area (TPSA) is 62.5 Å². The summed E-state index contributed by atoms with van der Waals surface area (Å²) >= 11 is 2.87. The number of anilines is 1. The average molecular weight is 401 g/mol. The summed E-state index contributed by atoms with van der Waals surface area (Å²) in [4.78, 5) is 18.0. The summed E-state index contributed by atoms with van der Waals surface area (Å²) in [5.41, 5.74) is 1.21.